The molecule has 0 amide bonds. The lowest BCUT2D eigenvalue weighted by Gasteiger charge is -2.29. The molecule has 0 aromatic heterocycles. The normalized spacial score (nSPS) is 19.1. The number of ether oxygens (including phenoxy) is 3. The Kier molecular flexibility index (Phi) is 9.05. The molecule has 0 saturated carbocycles. The number of nitriles is 1. The second-order valence-electron chi connectivity index (χ2n) is 6.50. The number of nitrogens with zero attached hydrogens (tertiary/aromatic N) is 2. The number of hydrogen-bond acceptors (Lipinski definition) is 10. The minimum atomic E-state index is -1.42. The second-order valence-corrected chi connectivity index (χ2v) is 6.50. The van der Waals surface area contributed by atoms with Crippen LogP contribution in [-0.4, -0.2) is 54.9 Å². The first-order valence-corrected chi connectivity index (χ1v) is 9.34. The summed E-state index contributed by atoms with van der Waals surface area (Å²) in [4.78, 5) is 54.2. The molecule has 1 rings (SSSR count). The summed E-state index contributed by atoms with van der Waals surface area (Å²) in [6.07, 6.45) is 0. The van der Waals surface area contributed by atoms with E-state index in [1.165, 1.54) is 20.8 Å². The number of nitrogens with one attached hydrogen (secondary N) is 1. The van der Waals surface area contributed by atoms with Crippen LogP contribution in [0.5, 0.6) is 0 Å². The lowest BCUT2D eigenvalue weighted by Crippen LogP contribution is -2.43. The maximum atomic E-state index is 12.9. The minimum Gasteiger partial charge on any atom is -0.465 e. The van der Waals surface area contributed by atoms with Crippen LogP contribution in [0.15, 0.2) is 16.3 Å². The van der Waals surface area contributed by atoms with E-state index in [0.717, 1.165) is 0 Å². The van der Waals surface area contributed by atoms with E-state index in [0.29, 0.717) is 0 Å². The highest BCUT2D eigenvalue weighted by atomic mass is 16.5. The topological polar surface area (TPSA) is 156 Å². The van der Waals surface area contributed by atoms with E-state index < -0.39 is 48.1 Å². The Balaban J connectivity index is 3.28. The molecule has 30 heavy (non-hydrogen) atoms. The highest BCUT2D eigenvalue weighted by molar-refractivity contribution is 6.11. The minimum absolute atomic E-state index is 0.0328. The van der Waals surface area contributed by atoms with Crippen molar-refractivity contribution in [3.8, 4) is 6.07 Å². The fourth-order valence-corrected chi connectivity index (χ4v) is 3.03. The molecule has 1 aliphatic heterocycles. The van der Waals surface area contributed by atoms with Crippen molar-refractivity contribution in [3.63, 3.8) is 0 Å². The van der Waals surface area contributed by atoms with Crippen molar-refractivity contribution in [3.05, 3.63) is 11.3 Å². The van der Waals surface area contributed by atoms with Gasteiger partial charge in [0.25, 0.3) is 0 Å². The van der Waals surface area contributed by atoms with Crippen molar-refractivity contribution >= 4 is 35.1 Å². The maximum absolute atomic E-state index is 12.9. The summed E-state index contributed by atoms with van der Waals surface area (Å²) < 4.78 is 15.1. The van der Waals surface area contributed by atoms with Crippen molar-refractivity contribution in [2.24, 2.45) is 22.7 Å². The van der Waals surface area contributed by atoms with Gasteiger partial charge in [-0.15, -0.1) is 0 Å². The van der Waals surface area contributed by atoms with Crippen molar-refractivity contribution in [2.75, 3.05) is 19.8 Å². The number of rotatable bonds is 9. The predicted octanol–water partition coefficient (Wildman–Crippen LogP) is 1.39. The van der Waals surface area contributed by atoms with Gasteiger partial charge in [0.1, 0.15) is 17.8 Å². The number of hydrogen-bond donors (Lipinski definition) is 1. The summed E-state index contributed by atoms with van der Waals surface area (Å²) in [7, 11) is 0. The molecular weight excluding hydrogens is 394 g/mol. The summed E-state index contributed by atoms with van der Waals surface area (Å²) in [5, 5.41) is 16.5. The highest BCUT2D eigenvalue weighted by Gasteiger charge is 2.46. The van der Waals surface area contributed by atoms with Gasteiger partial charge in [-0.3, -0.25) is 19.4 Å². The highest BCUT2D eigenvalue weighted by Crippen LogP contribution is 2.33. The monoisotopic (exact) mass is 419 g/mol. The Morgan fingerprint density at radius 3 is 2.13 bits per heavy atom. The summed E-state index contributed by atoms with van der Waals surface area (Å²) >= 11 is 0. The van der Waals surface area contributed by atoms with E-state index >= 15 is 0 Å². The van der Waals surface area contributed by atoms with Crippen LogP contribution >= 0.6 is 0 Å². The fraction of sp³-hybridized carbons (Fsp3) is 0.550. The van der Waals surface area contributed by atoms with Gasteiger partial charge in [0.2, 0.25) is 0 Å². The van der Waals surface area contributed by atoms with Gasteiger partial charge in [-0.2, -0.15) is 5.26 Å². The van der Waals surface area contributed by atoms with Crippen LogP contribution in [-0.2, 0) is 33.4 Å². The third-order valence-electron chi connectivity index (χ3n) is 4.36. The SMILES string of the molecule is CCOC(=O)C1=C(C)N=C(C)C(C(=O)OCC)[C@H]1C(=O)OCC(=O)[C@@H](C#N)C(C)=N. The Bertz CT molecular complexity index is 851. The van der Waals surface area contributed by atoms with E-state index in [4.69, 9.17) is 24.9 Å². The van der Waals surface area contributed by atoms with Crippen LogP contribution < -0.4 is 0 Å². The maximum Gasteiger partial charge on any atom is 0.336 e. The van der Waals surface area contributed by atoms with Gasteiger partial charge in [-0.1, -0.05) is 0 Å². The Morgan fingerprint density at radius 1 is 1.07 bits per heavy atom. The van der Waals surface area contributed by atoms with Crippen LogP contribution in [0, 0.1) is 34.5 Å². The molecule has 1 aliphatic rings. The molecule has 10 nitrogen and oxygen atoms in total. The second kappa shape index (κ2) is 11.0. The van der Waals surface area contributed by atoms with Gasteiger partial charge in [-0.05, 0) is 34.6 Å². The molecule has 10 heteroatoms. The van der Waals surface area contributed by atoms with Gasteiger partial charge in [-0.25, -0.2) is 4.79 Å². The molecule has 0 radical (unpaired) electrons. The Hall–Kier alpha value is -3.35. The third-order valence-corrected chi connectivity index (χ3v) is 4.36. The van der Waals surface area contributed by atoms with E-state index in [1.54, 1.807) is 19.9 Å². The third kappa shape index (κ3) is 5.59. The molecule has 0 fully saturated rings. The van der Waals surface area contributed by atoms with E-state index in [1.807, 2.05) is 0 Å². The molecular formula is C20H25N3O7. The number of allylic oxidation sites excluding steroid dienone is 1. The van der Waals surface area contributed by atoms with E-state index in [2.05, 4.69) is 4.99 Å². The Labute approximate surface area is 174 Å². The van der Waals surface area contributed by atoms with Gasteiger partial charge in [0, 0.05) is 17.1 Å². The molecule has 1 N–H and O–H groups in total. The van der Waals surface area contributed by atoms with Crippen molar-refractivity contribution in [1.82, 2.24) is 0 Å². The van der Waals surface area contributed by atoms with Gasteiger partial charge in [0.15, 0.2) is 12.4 Å². The molecule has 0 spiro atoms. The van der Waals surface area contributed by atoms with Gasteiger partial charge < -0.3 is 19.6 Å². The number of carbonyl (C=O) groups excluding carboxylic acids is 4. The summed E-state index contributed by atoms with van der Waals surface area (Å²) in [5.41, 5.74) is 0.0899. The van der Waals surface area contributed by atoms with Crippen molar-refractivity contribution in [2.45, 2.75) is 34.6 Å². The first-order valence-electron chi connectivity index (χ1n) is 9.34. The van der Waals surface area contributed by atoms with Crippen LogP contribution in [0.1, 0.15) is 34.6 Å². The molecule has 162 valence electrons. The number of carbonyl (C=O) groups is 4. The zero-order chi connectivity index (χ0) is 23.0. The van der Waals surface area contributed by atoms with Crippen LogP contribution in [0.2, 0.25) is 0 Å². The van der Waals surface area contributed by atoms with Crippen LogP contribution in [0.4, 0.5) is 0 Å². The smallest absolute Gasteiger partial charge is 0.336 e. The average molecular weight is 419 g/mol. The van der Waals surface area contributed by atoms with Gasteiger partial charge >= 0.3 is 17.9 Å². The molecule has 0 aromatic rings. The van der Waals surface area contributed by atoms with Crippen molar-refractivity contribution < 1.29 is 33.4 Å². The largest absolute Gasteiger partial charge is 0.465 e. The zero-order valence-corrected chi connectivity index (χ0v) is 17.6. The van der Waals surface area contributed by atoms with Crippen molar-refractivity contribution in [1.29, 1.82) is 10.7 Å². The molecule has 1 unspecified atom stereocenters. The van der Waals surface area contributed by atoms with Gasteiger partial charge in [0.05, 0.1) is 24.9 Å². The molecule has 3 atom stereocenters. The summed E-state index contributed by atoms with van der Waals surface area (Å²) in [6.45, 7) is 6.76. The Morgan fingerprint density at radius 2 is 1.63 bits per heavy atom. The fourth-order valence-electron chi connectivity index (χ4n) is 3.03. The lowest BCUT2D eigenvalue weighted by atomic mass is 9.79. The number of ketones is 1. The quantitative estimate of drug-likeness (QED) is 0.334. The predicted molar refractivity (Wildman–Crippen MR) is 105 cm³/mol. The molecule has 0 saturated heterocycles. The van der Waals surface area contributed by atoms with Crippen LogP contribution in [0.3, 0.4) is 0 Å². The molecule has 1 heterocycles. The lowest BCUT2D eigenvalue weighted by molar-refractivity contribution is -0.159. The first kappa shape index (κ1) is 24.7. The molecule has 0 bridgehead atoms. The number of aliphatic imine (C=N–C) groups is 1. The first-order chi connectivity index (χ1) is 14.1. The summed E-state index contributed by atoms with van der Waals surface area (Å²) in [5.74, 6) is -7.43. The molecule has 0 aliphatic carbocycles. The van der Waals surface area contributed by atoms with E-state index in [9.17, 15) is 19.2 Å². The average Bonchev–Trinajstić information content (AvgIpc) is 2.65. The zero-order valence-electron chi connectivity index (χ0n) is 17.6. The molecule has 0 aromatic carbocycles. The number of Topliss-reactive ketones (excluding diaryl/α,β-unsaturated/α-hetero) is 1. The number of esters is 3. The summed E-state index contributed by atoms with van der Waals surface area (Å²) in [6, 6.07) is 1.66. The standard InChI is InChI=1S/C20H25N3O7/c1-6-28-18(25)15-11(4)23-12(5)16(19(26)29-7-2)17(15)20(27)30-9-14(24)13(8-21)10(3)22/h13,15,17,22H,6-7,9H2,1-5H3/t13-,15?,17+/m0/s1. The van der Waals surface area contributed by atoms with E-state index in [-0.39, 0.29) is 35.9 Å². The van der Waals surface area contributed by atoms with Crippen LogP contribution in [0.25, 0.3) is 0 Å².